The van der Waals surface area contributed by atoms with Crippen molar-refractivity contribution in [2.75, 3.05) is 11.5 Å². The SMILES string of the molecule is [CH2-]CS(=O)(=O)CC.[Rb+]. The van der Waals surface area contributed by atoms with E-state index in [1.807, 2.05) is 0 Å². The molecule has 0 radical (unpaired) electrons. The van der Waals surface area contributed by atoms with Crippen molar-refractivity contribution in [2.24, 2.45) is 0 Å². The van der Waals surface area contributed by atoms with Crippen LogP contribution in [0.25, 0.3) is 0 Å². The summed E-state index contributed by atoms with van der Waals surface area (Å²) >= 11 is 0. The molecule has 0 fully saturated rings. The standard InChI is InChI=1S/C4H9O2S.Rb/c1-3-7(5,6)4-2;/h1,3-4H2,2H3;/q-1;+1. The predicted molar refractivity (Wildman–Crippen MR) is 29.7 cm³/mol. The van der Waals surface area contributed by atoms with E-state index in [4.69, 9.17) is 0 Å². The molecule has 0 aromatic rings. The van der Waals surface area contributed by atoms with E-state index in [1.165, 1.54) is 0 Å². The molecule has 0 saturated heterocycles. The van der Waals surface area contributed by atoms with Gasteiger partial charge in [-0.25, -0.2) is 8.42 Å². The second-order valence-corrected chi connectivity index (χ2v) is 3.71. The molecular weight excluding hydrogens is 198 g/mol. The first-order chi connectivity index (χ1) is 3.12. The Labute approximate surface area is 99.8 Å². The van der Waals surface area contributed by atoms with Crippen LogP contribution in [0.2, 0.25) is 0 Å². The van der Waals surface area contributed by atoms with Crippen LogP contribution in [0.1, 0.15) is 6.92 Å². The summed E-state index contributed by atoms with van der Waals surface area (Å²) in [5.41, 5.74) is 0. The molecule has 0 heterocycles. The Bertz CT molecular complexity index is 117. The van der Waals surface area contributed by atoms with E-state index in [1.54, 1.807) is 6.92 Å². The van der Waals surface area contributed by atoms with Crippen molar-refractivity contribution >= 4 is 9.84 Å². The molecule has 2 nitrogen and oxygen atoms in total. The van der Waals surface area contributed by atoms with Crippen molar-refractivity contribution < 1.29 is 66.6 Å². The van der Waals surface area contributed by atoms with Gasteiger partial charge in [-0.05, 0) is 0 Å². The van der Waals surface area contributed by atoms with Gasteiger partial charge in [-0.1, -0.05) is 12.7 Å². The van der Waals surface area contributed by atoms with E-state index in [0.29, 0.717) is 0 Å². The molecule has 0 rings (SSSR count). The van der Waals surface area contributed by atoms with Gasteiger partial charge in [0.05, 0.1) is 0 Å². The number of sulfone groups is 1. The number of hydrogen-bond donors (Lipinski definition) is 0. The zero-order chi connectivity index (χ0) is 5.91. The fraction of sp³-hybridized carbons (Fsp3) is 0.750. The molecule has 8 heavy (non-hydrogen) atoms. The molecule has 0 saturated carbocycles. The minimum atomic E-state index is -2.77. The van der Waals surface area contributed by atoms with E-state index in [9.17, 15) is 8.42 Å². The normalized spacial score (nSPS) is 10.2. The van der Waals surface area contributed by atoms with Crippen molar-refractivity contribution in [1.29, 1.82) is 0 Å². The molecule has 0 amide bonds. The second kappa shape index (κ2) is 5.53. The van der Waals surface area contributed by atoms with Crippen LogP contribution >= 0.6 is 0 Å². The molecular formula is C4H9O2RbS. The van der Waals surface area contributed by atoms with Gasteiger partial charge in [0.2, 0.25) is 0 Å². The first-order valence-electron chi connectivity index (χ1n) is 2.12. The number of rotatable bonds is 2. The third kappa shape index (κ3) is 5.88. The fourth-order valence-corrected chi connectivity index (χ4v) is 0.433. The summed E-state index contributed by atoms with van der Waals surface area (Å²) in [7, 11) is -2.77. The number of hydrogen-bond acceptors (Lipinski definition) is 2. The van der Waals surface area contributed by atoms with Crippen molar-refractivity contribution in [3.63, 3.8) is 0 Å². The Balaban J connectivity index is 0. The molecule has 0 aromatic carbocycles. The fourth-order valence-electron chi connectivity index (χ4n) is 0.144. The van der Waals surface area contributed by atoms with Gasteiger partial charge in [0.1, 0.15) is 9.84 Å². The molecule has 44 valence electrons. The molecule has 0 aliphatic carbocycles. The maximum Gasteiger partial charge on any atom is 1.00 e. The van der Waals surface area contributed by atoms with Gasteiger partial charge >= 0.3 is 58.2 Å². The van der Waals surface area contributed by atoms with E-state index < -0.39 is 9.84 Å². The smallest absolute Gasteiger partial charge is 0.329 e. The van der Waals surface area contributed by atoms with Gasteiger partial charge in [0.15, 0.2) is 0 Å². The van der Waals surface area contributed by atoms with E-state index >= 15 is 0 Å². The van der Waals surface area contributed by atoms with E-state index in [-0.39, 0.29) is 69.7 Å². The van der Waals surface area contributed by atoms with Crippen LogP contribution in [0.15, 0.2) is 0 Å². The molecule has 0 aliphatic heterocycles. The van der Waals surface area contributed by atoms with Crippen LogP contribution in [-0.4, -0.2) is 19.9 Å². The van der Waals surface area contributed by atoms with Crippen LogP contribution in [-0.2, 0) is 9.84 Å². The first kappa shape index (κ1) is 12.4. The minimum absolute atomic E-state index is 0. The summed E-state index contributed by atoms with van der Waals surface area (Å²) in [5, 5.41) is 0. The van der Waals surface area contributed by atoms with Crippen molar-refractivity contribution in [2.45, 2.75) is 6.92 Å². The van der Waals surface area contributed by atoms with Crippen LogP contribution < -0.4 is 58.2 Å². The van der Waals surface area contributed by atoms with Gasteiger partial charge in [0.25, 0.3) is 0 Å². The Morgan fingerprint density at radius 3 is 1.88 bits per heavy atom. The largest absolute Gasteiger partial charge is 1.00 e. The van der Waals surface area contributed by atoms with Crippen molar-refractivity contribution in [3.8, 4) is 0 Å². The Morgan fingerprint density at radius 2 is 1.88 bits per heavy atom. The third-order valence-corrected chi connectivity index (χ3v) is 2.25. The maximum atomic E-state index is 10.3. The van der Waals surface area contributed by atoms with Crippen LogP contribution in [0, 0.1) is 6.92 Å². The van der Waals surface area contributed by atoms with Gasteiger partial charge < -0.3 is 6.92 Å². The Morgan fingerprint density at radius 1 is 1.50 bits per heavy atom. The monoisotopic (exact) mass is 206 g/mol. The molecule has 0 aliphatic rings. The molecule has 4 heteroatoms. The molecule has 0 bridgehead atoms. The predicted octanol–water partition coefficient (Wildman–Crippen LogP) is -2.74. The van der Waals surface area contributed by atoms with E-state index in [0.717, 1.165) is 0 Å². The third-order valence-electron chi connectivity index (χ3n) is 0.751. The quantitative estimate of drug-likeness (QED) is 0.460. The minimum Gasteiger partial charge on any atom is -0.329 e. The summed E-state index contributed by atoms with van der Waals surface area (Å²) in [6, 6.07) is 0. The van der Waals surface area contributed by atoms with Gasteiger partial charge in [-0.3, -0.25) is 0 Å². The van der Waals surface area contributed by atoms with Gasteiger partial charge in [-0.2, -0.15) is 0 Å². The first-order valence-corrected chi connectivity index (χ1v) is 3.94. The van der Waals surface area contributed by atoms with Gasteiger partial charge in [0, 0.05) is 5.75 Å². The van der Waals surface area contributed by atoms with Crippen LogP contribution in [0.3, 0.4) is 0 Å². The summed E-state index contributed by atoms with van der Waals surface area (Å²) in [5.74, 6) is 0.222. The van der Waals surface area contributed by atoms with Crippen LogP contribution in [0.4, 0.5) is 0 Å². The van der Waals surface area contributed by atoms with Gasteiger partial charge in [-0.15, -0.1) is 0 Å². The summed E-state index contributed by atoms with van der Waals surface area (Å²) in [6.45, 7) is 4.85. The van der Waals surface area contributed by atoms with Crippen molar-refractivity contribution in [1.82, 2.24) is 0 Å². The zero-order valence-corrected chi connectivity index (χ0v) is 11.1. The summed E-state index contributed by atoms with van der Waals surface area (Å²) < 4.78 is 20.6. The molecule has 0 aromatic heterocycles. The van der Waals surface area contributed by atoms with E-state index in [2.05, 4.69) is 6.92 Å². The molecule has 0 atom stereocenters. The Hall–Kier alpha value is 1.76. The van der Waals surface area contributed by atoms with Crippen molar-refractivity contribution in [3.05, 3.63) is 6.92 Å². The summed E-state index contributed by atoms with van der Waals surface area (Å²) in [6.07, 6.45) is 0. The molecule has 0 spiro atoms. The Kier molecular flexibility index (Phi) is 8.60. The second-order valence-electron chi connectivity index (χ2n) is 1.24. The average Bonchev–Trinajstić information content (AvgIpc) is 1.68. The molecule has 0 unspecified atom stereocenters. The summed E-state index contributed by atoms with van der Waals surface area (Å²) in [4.78, 5) is 0. The average molecular weight is 207 g/mol. The topological polar surface area (TPSA) is 34.1 Å². The van der Waals surface area contributed by atoms with Crippen LogP contribution in [0.5, 0.6) is 0 Å². The molecule has 0 N–H and O–H groups in total. The maximum absolute atomic E-state index is 10.3. The zero-order valence-electron chi connectivity index (χ0n) is 5.35.